The van der Waals surface area contributed by atoms with Gasteiger partial charge in [-0.05, 0) is 36.4 Å². The van der Waals surface area contributed by atoms with Gasteiger partial charge in [0.25, 0.3) is 5.22 Å². The zero-order valence-corrected chi connectivity index (χ0v) is 17.0. The Morgan fingerprint density at radius 2 is 1.79 bits per heavy atom. The Balaban J connectivity index is 1.29. The summed E-state index contributed by atoms with van der Waals surface area (Å²) < 4.78 is 19.5. The van der Waals surface area contributed by atoms with Crippen molar-refractivity contribution in [2.75, 3.05) is 36.8 Å². The smallest absolute Gasteiger partial charge is 0.277 e. The molecule has 4 rings (SSSR count). The first-order valence-corrected chi connectivity index (χ1v) is 10.5. The lowest BCUT2D eigenvalue weighted by molar-refractivity contribution is -0.128. The minimum absolute atomic E-state index is 0.00516. The Labute approximate surface area is 176 Å². The number of hydrogen-bond acceptors (Lipinski definition) is 6. The first kappa shape index (κ1) is 19.7. The zero-order chi connectivity index (χ0) is 20.2. The maximum Gasteiger partial charge on any atom is 0.277 e. The number of thioether (sulfide) groups is 1. The molecule has 0 radical (unpaired) electrons. The van der Waals surface area contributed by atoms with E-state index in [0.29, 0.717) is 48.0 Å². The van der Waals surface area contributed by atoms with Gasteiger partial charge in [-0.25, -0.2) is 4.39 Å². The minimum atomic E-state index is -0.240. The standard InChI is InChI=1S/C20H18ClFN4O2S/c21-15-7-5-14(6-8-15)19-23-24-20(28-19)29-13-18(27)26-11-9-25(10-12-26)17-4-2-1-3-16(17)22/h1-8H,9-13H2. The van der Waals surface area contributed by atoms with Crippen LogP contribution >= 0.6 is 23.4 Å². The molecule has 1 aliphatic rings. The van der Waals surface area contributed by atoms with E-state index in [1.165, 1.54) is 17.8 Å². The SMILES string of the molecule is O=C(CSc1nnc(-c2ccc(Cl)cc2)o1)N1CCN(c2ccccc2F)CC1. The summed E-state index contributed by atoms with van der Waals surface area (Å²) in [5, 5.41) is 8.97. The van der Waals surface area contributed by atoms with Crippen LogP contribution in [0.2, 0.25) is 5.02 Å². The van der Waals surface area contributed by atoms with Crippen molar-refractivity contribution in [1.29, 1.82) is 0 Å². The molecule has 6 nitrogen and oxygen atoms in total. The third-order valence-corrected chi connectivity index (χ3v) is 5.70. The van der Waals surface area contributed by atoms with Gasteiger partial charge in [0.15, 0.2) is 0 Å². The van der Waals surface area contributed by atoms with Gasteiger partial charge in [0.1, 0.15) is 5.82 Å². The fourth-order valence-electron chi connectivity index (χ4n) is 3.10. The van der Waals surface area contributed by atoms with Crippen LogP contribution in [0.1, 0.15) is 0 Å². The molecule has 0 N–H and O–H groups in total. The average molecular weight is 433 g/mol. The maximum absolute atomic E-state index is 13.9. The van der Waals surface area contributed by atoms with E-state index in [-0.39, 0.29) is 17.5 Å². The van der Waals surface area contributed by atoms with Gasteiger partial charge in [-0.3, -0.25) is 4.79 Å². The lowest BCUT2D eigenvalue weighted by Gasteiger charge is -2.36. The highest BCUT2D eigenvalue weighted by atomic mass is 35.5. The summed E-state index contributed by atoms with van der Waals surface area (Å²) in [4.78, 5) is 16.2. The quantitative estimate of drug-likeness (QED) is 0.568. The van der Waals surface area contributed by atoms with Crippen LogP contribution < -0.4 is 4.90 Å². The van der Waals surface area contributed by atoms with Crippen molar-refractivity contribution >= 4 is 35.0 Å². The van der Waals surface area contributed by atoms with Gasteiger partial charge in [-0.1, -0.05) is 35.5 Å². The number of amides is 1. The summed E-state index contributed by atoms with van der Waals surface area (Å²) in [5.74, 6) is 0.349. The fourth-order valence-corrected chi connectivity index (χ4v) is 3.89. The van der Waals surface area contributed by atoms with E-state index in [1.54, 1.807) is 41.3 Å². The van der Waals surface area contributed by atoms with Crippen LogP contribution in [0, 0.1) is 5.82 Å². The number of nitrogens with zero attached hydrogens (tertiary/aromatic N) is 4. The number of hydrogen-bond donors (Lipinski definition) is 0. The predicted octanol–water partition coefficient (Wildman–Crippen LogP) is 3.97. The van der Waals surface area contributed by atoms with Crippen molar-refractivity contribution in [3.8, 4) is 11.5 Å². The number of rotatable bonds is 5. The van der Waals surface area contributed by atoms with Crippen LogP contribution in [0.15, 0.2) is 58.2 Å². The lowest BCUT2D eigenvalue weighted by Crippen LogP contribution is -2.49. The Morgan fingerprint density at radius 1 is 1.07 bits per heavy atom. The number of carbonyl (C=O) groups excluding carboxylic acids is 1. The molecule has 3 aromatic rings. The highest BCUT2D eigenvalue weighted by molar-refractivity contribution is 7.99. The largest absolute Gasteiger partial charge is 0.411 e. The van der Waals surface area contributed by atoms with Gasteiger partial charge in [-0.2, -0.15) is 0 Å². The summed E-state index contributed by atoms with van der Waals surface area (Å²) >= 11 is 7.09. The van der Waals surface area contributed by atoms with Crippen molar-refractivity contribution in [2.24, 2.45) is 0 Å². The third kappa shape index (κ3) is 4.71. The van der Waals surface area contributed by atoms with Crippen molar-refractivity contribution in [3.63, 3.8) is 0 Å². The normalized spacial score (nSPS) is 14.3. The van der Waals surface area contributed by atoms with Crippen molar-refractivity contribution in [1.82, 2.24) is 15.1 Å². The second-order valence-electron chi connectivity index (χ2n) is 6.49. The fraction of sp³-hybridized carbons (Fsp3) is 0.250. The van der Waals surface area contributed by atoms with Crippen LogP contribution in [0.5, 0.6) is 0 Å². The molecule has 0 spiro atoms. The Hall–Kier alpha value is -2.58. The second kappa shape index (κ2) is 8.84. The molecule has 0 saturated carbocycles. The second-order valence-corrected chi connectivity index (χ2v) is 7.85. The van der Waals surface area contributed by atoms with Crippen LogP contribution in [-0.4, -0.2) is 52.9 Å². The van der Waals surface area contributed by atoms with E-state index in [0.717, 1.165) is 5.56 Å². The molecule has 2 heterocycles. The molecule has 0 atom stereocenters. The molecule has 0 bridgehead atoms. The van der Waals surface area contributed by atoms with Gasteiger partial charge >= 0.3 is 0 Å². The van der Waals surface area contributed by atoms with E-state index in [2.05, 4.69) is 10.2 Å². The number of anilines is 1. The first-order valence-electron chi connectivity index (χ1n) is 9.09. The van der Waals surface area contributed by atoms with E-state index in [1.807, 2.05) is 11.0 Å². The molecule has 1 aromatic heterocycles. The lowest BCUT2D eigenvalue weighted by atomic mass is 10.2. The molecule has 29 heavy (non-hydrogen) atoms. The molecule has 1 aliphatic heterocycles. The van der Waals surface area contributed by atoms with Gasteiger partial charge in [0.2, 0.25) is 11.8 Å². The molecule has 1 saturated heterocycles. The number of benzene rings is 2. The van der Waals surface area contributed by atoms with Gasteiger partial charge in [0.05, 0.1) is 11.4 Å². The van der Waals surface area contributed by atoms with E-state index in [9.17, 15) is 9.18 Å². The summed E-state index contributed by atoms with van der Waals surface area (Å²) in [5.41, 5.74) is 1.35. The average Bonchev–Trinajstić information content (AvgIpc) is 3.22. The van der Waals surface area contributed by atoms with E-state index in [4.69, 9.17) is 16.0 Å². The maximum atomic E-state index is 13.9. The Kier molecular flexibility index (Phi) is 6.01. The van der Waals surface area contributed by atoms with Gasteiger partial charge < -0.3 is 14.2 Å². The summed E-state index contributed by atoms with van der Waals surface area (Å²) in [6.07, 6.45) is 0. The molecule has 2 aromatic carbocycles. The van der Waals surface area contributed by atoms with Crippen LogP contribution in [-0.2, 0) is 4.79 Å². The number of halogens is 2. The van der Waals surface area contributed by atoms with Crippen LogP contribution in [0.3, 0.4) is 0 Å². The number of carbonyl (C=O) groups is 1. The number of aromatic nitrogens is 2. The molecular formula is C20H18ClFN4O2S. The first-order chi connectivity index (χ1) is 14.1. The van der Waals surface area contributed by atoms with Gasteiger partial charge in [-0.15, -0.1) is 10.2 Å². The molecule has 1 amide bonds. The van der Waals surface area contributed by atoms with E-state index < -0.39 is 0 Å². The molecule has 0 unspecified atom stereocenters. The minimum Gasteiger partial charge on any atom is -0.411 e. The van der Waals surface area contributed by atoms with Crippen molar-refractivity contribution in [2.45, 2.75) is 5.22 Å². The highest BCUT2D eigenvalue weighted by Crippen LogP contribution is 2.25. The molecule has 9 heteroatoms. The summed E-state index contributed by atoms with van der Waals surface area (Å²) in [6, 6.07) is 13.8. The molecule has 1 fully saturated rings. The topological polar surface area (TPSA) is 62.5 Å². The number of para-hydroxylation sites is 1. The molecule has 150 valence electrons. The molecular weight excluding hydrogens is 415 g/mol. The summed E-state index contributed by atoms with van der Waals surface area (Å²) in [7, 11) is 0. The third-order valence-electron chi connectivity index (χ3n) is 4.64. The Bertz CT molecular complexity index is 990. The van der Waals surface area contributed by atoms with Crippen LogP contribution in [0.4, 0.5) is 10.1 Å². The van der Waals surface area contributed by atoms with Crippen LogP contribution in [0.25, 0.3) is 11.5 Å². The van der Waals surface area contributed by atoms with E-state index >= 15 is 0 Å². The summed E-state index contributed by atoms with van der Waals surface area (Å²) in [6.45, 7) is 2.29. The number of piperazine rings is 1. The monoisotopic (exact) mass is 432 g/mol. The Morgan fingerprint density at radius 3 is 2.52 bits per heavy atom. The molecule has 0 aliphatic carbocycles. The van der Waals surface area contributed by atoms with Crippen molar-refractivity contribution in [3.05, 3.63) is 59.4 Å². The van der Waals surface area contributed by atoms with Gasteiger partial charge in [0, 0.05) is 36.8 Å². The highest BCUT2D eigenvalue weighted by Gasteiger charge is 2.23. The van der Waals surface area contributed by atoms with Crippen molar-refractivity contribution < 1.29 is 13.6 Å². The predicted molar refractivity (Wildman–Crippen MR) is 111 cm³/mol. The zero-order valence-electron chi connectivity index (χ0n) is 15.4.